The molecule has 7 nitrogen and oxygen atoms in total. The van der Waals surface area contributed by atoms with Gasteiger partial charge in [-0.2, -0.15) is 8.42 Å². The summed E-state index contributed by atoms with van der Waals surface area (Å²) in [6, 6.07) is 17.4. The summed E-state index contributed by atoms with van der Waals surface area (Å²) in [5, 5.41) is 0.136. The number of carbonyl (C=O) groups is 2. The number of nitrogens with zero attached hydrogens (tertiary/aromatic N) is 1. The summed E-state index contributed by atoms with van der Waals surface area (Å²) < 4.78 is 35.9. The molecule has 180 valence electrons. The molecule has 0 unspecified atom stereocenters. The molecular weight excluding hydrogens is 578 g/mol. The fourth-order valence-electron chi connectivity index (χ4n) is 3.19. The molecule has 1 heterocycles. The number of benzene rings is 3. The first-order valence-corrected chi connectivity index (χ1v) is 13.4. The van der Waals surface area contributed by atoms with Gasteiger partial charge in [-0.15, -0.1) is 0 Å². The van der Waals surface area contributed by atoms with Crippen molar-refractivity contribution in [2.75, 3.05) is 7.11 Å². The van der Waals surface area contributed by atoms with Crippen molar-refractivity contribution in [1.29, 1.82) is 0 Å². The molecule has 0 aromatic heterocycles. The molecule has 3 aromatic carbocycles. The van der Waals surface area contributed by atoms with E-state index in [0.29, 0.717) is 20.8 Å². The molecule has 4 rings (SSSR count). The van der Waals surface area contributed by atoms with Crippen LogP contribution in [0, 0.1) is 0 Å². The highest BCUT2D eigenvalue weighted by molar-refractivity contribution is 9.10. The summed E-state index contributed by atoms with van der Waals surface area (Å²) in [4.78, 5) is 26.6. The minimum Gasteiger partial charge on any atom is -0.497 e. The molecule has 0 atom stereocenters. The van der Waals surface area contributed by atoms with Gasteiger partial charge in [0, 0.05) is 5.02 Å². The van der Waals surface area contributed by atoms with Crippen LogP contribution in [0.3, 0.4) is 0 Å². The second-order valence-electron chi connectivity index (χ2n) is 7.30. The standard InChI is InChI=1S/C24H17BrClNO6S2/c1-32-18-6-8-19(9-7-18)35(30,31)33-21-10-5-15(12-20(21)25)13-22-23(28)27(24(29)34-22)14-16-3-2-4-17(26)11-16/h2-13H,14H2,1H3/b22-13-. The van der Waals surface area contributed by atoms with Crippen molar-refractivity contribution < 1.29 is 26.9 Å². The fourth-order valence-corrected chi connectivity index (χ4v) is 5.77. The molecule has 0 bridgehead atoms. The molecule has 1 aliphatic heterocycles. The summed E-state index contributed by atoms with van der Waals surface area (Å²) in [7, 11) is -2.59. The molecule has 0 N–H and O–H groups in total. The number of amides is 2. The van der Waals surface area contributed by atoms with Crippen LogP contribution in [0.2, 0.25) is 5.02 Å². The monoisotopic (exact) mass is 593 g/mol. The zero-order valence-electron chi connectivity index (χ0n) is 18.1. The van der Waals surface area contributed by atoms with E-state index in [1.807, 2.05) is 0 Å². The number of thioether (sulfide) groups is 1. The lowest BCUT2D eigenvalue weighted by Gasteiger charge is -2.12. The number of hydrogen-bond acceptors (Lipinski definition) is 7. The van der Waals surface area contributed by atoms with Crippen molar-refractivity contribution >= 4 is 66.6 Å². The quantitative estimate of drug-likeness (QED) is 0.241. The van der Waals surface area contributed by atoms with Crippen LogP contribution in [-0.2, 0) is 21.5 Å². The molecule has 2 amide bonds. The fraction of sp³-hybridized carbons (Fsp3) is 0.0833. The number of imide groups is 1. The Balaban J connectivity index is 1.50. The minimum absolute atomic E-state index is 0.0253. The van der Waals surface area contributed by atoms with Gasteiger partial charge in [-0.3, -0.25) is 14.5 Å². The molecule has 0 radical (unpaired) electrons. The highest BCUT2D eigenvalue weighted by Gasteiger charge is 2.35. The summed E-state index contributed by atoms with van der Waals surface area (Å²) in [5.74, 6) is 0.178. The van der Waals surface area contributed by atoms with Crippen LogP contribution < -0.4 is 8.92 Å². The van der Waals surface area contributed by atoms with Gasteiger partial charge in [0.05, 0.1) is 23.0 Å². The lowest BCUT2D eigenvalue weighted by molar-refractivity contribution is -0.123. The van der Waals surface area contributed by atoms with Gasteiger partial charge in [0.2, 0.25) is 0 Å². The smallest absolute Gasteiger partial charge is 0.339 e. The first kappa shape index (κ1) is 25.3. The minimum atomic E-state index is -4.07. The van der Waals surface area contributed by atoms with Crippen LogP contribution in [0.15, 0.2) is 81.0 Å². The normalized spacial score (nSPS) is 15.1. The molecule has 0 aliphatic carbocycles. The van der Waals surface area contributed by atoms with E-state index in [9.17, 15) is 18.0 Å². The Kier molecular flexibility index (Phi) is 7.56. The van der Waals surface area contributed by atoms with Gasteiger partial charge < -0.3 is 8.92 Å². The zero-order valence-corrected chi connectivity index (χ0v) is 22.1. The average Bonchev–Trinajstić information content (AvgIpc) is 3.08. The van der Waals surface area contributed by atoms with E-state index in [1.165, 1.54) is 37.4 Å². The Hall–Kier alpha value is -2.79. The lowest BCUT2D eigenvalue weighted by atomic mass is 10.2. The molecule has 35 heavy (non-hydrogen) atoms. The van der Waals surface area contributed by atoms with Crippen LogP contribution in [0.1, 0.15) is 11.1 Å². The van der Waals surface area contributed by atoms with Crippen LogP contribution >= 0.6 is 39.3 Å². The largest absolute Gasteiger partial charge is 0.497 e. The molecule has 3 aromatic rings. The first-order chi connectivity index (χ1) is 16.7. The number of methoxy groups -OCH3 is 1. The molecule has 0 spiro atoms. The van der Waals surface area contributed by atoms with Gasteiger partial charge in [0.15, 0.2) is 5.75 Å². The molecular formula is C24H17BrClNO6S2. The molecule has 1 saturated heterocycles. The Morgan fingerprint density at radius 2 is 1.80 bits per heavy atom. The van der Waals surface area contributed by atoms with E-state index >= 15 is 0 Å². The van der Waals surface area contributed by atoms with Crippen molar-refractivity contribution in [2.24, 2.45) is 0 Å². The van der Waals surface area contributed by atoms with Crippen molar-refractivity contribution in [3.8, 4) is 11.5 Å². The predicted octanol–water partition coefficient (Wildman–Crippen LogP) is 6.12. The lowest BCUT2D eigenvalue weighted by Crippen LogP contribution is -2.27. The third-order valence-corrected chi connectivity index (χ3v) is 7.92. The maximum Gasteiger partial charge on any atom is 0.339 e. The van der Waals surface area contributed by atoms with Gasteiger partial charge in [0.1, 0.15) is 10.6 Å². The zero-order chi connectivity index (χ0) is 25.2. The SMILES string of the molecule is COc1ccc(S(=O)(=O)Oc2ccc(/C=C3\SC(=O)N(Cc4cccc(Cl)c4)C3=O)cc2Br)cc1. The van der Waals surface area contributed by atoms with E-state index in [4.69, 9.17) is 20.5 Å². The maximum atomic E-state index is 12.8. The van der Waals surface area contributed by atoms with Gasteiger partial charge in [-0.1, -0.05) is 29.8 Å². The van der Waals surface area contributed by atoms with E-state index < -0.39 is 16.0 Å². The van der Waals surface area contributed by atoms with Gasteiger partial charge >= 0.3 is 10.1 Å². The van der Waals surface area contributed by atoms with E-state index in [2.05, 4.69) is 15.9 Å². The summed E-state index contributed by atoms with van der Waals surface area (Å²) in [6.07, 6.45) is 1.56. The van der Waals surface area contributed by atoms with Gasteiger partial charge in [-0.25, -0.2) is 0 Å². The highest BCUT2D eigenvalue weighted by Crippen LogP contribution is 2.35. The predicted molar refractivity (Wildman–Crippen MR) is 138 cm³/mol. The van der Waals surface area contributed by atoms with Crippen molar-refractivity contribution in [3.05, 3.63) is 92.3 Å². The topological polar surface area (TPSA) is 90.0 Å². The highest BCUT2D eigenvalue weighted by atomic mass is 79.9. The van der Waals surface area contributed by atoms with Crippen LogP contribution in [0.5, 0.6) is 11.5 Å². The molecule has 0 saturated carbocycles. The Bertz CT molecular complexity index is 1440. The molecule has 1 fully saturated rings. The Morgan fingerprint density at radius 3 is 2.46 bits per heavy atom. The second-order valence-corrected chi connectivity index (χ2v) is 11.1. The van der Waals surface area contributed by atoms with E-state index in [-0.39, 0.29) is 27.3 Å². The summed E-state index contributed by atoms with van der Waals surface area (Å²) in [6.45, 7) is 0.113. The third-order valence-electron chi connectivity index (χ3n) is 4.90. The van der Waals surface area contributed by atoms with Gasteiger partial charge in [-0.05, 0) is 93.4 Å². The average molecular weight is 595 g/mol. The van der Waals surface area contributed by atoms with Crippen LogP contribution in [0.25, 0.3) is 6.08 Å². The number of hydrogen-bond donors (Lipinski definition) is 0. The first-order valence-electron chi connectivity index (χ1n) is 10.0. The van der Waals surface area contributed by atoms with Crippen LogP contribution in [0.4, 0.5) is 4.79 Å². The van der Waals surface area contributed by atoms with Crippen molar-refractivity contribution in [1.82, 2.24) is 4.90 Å². The maximum absolute atomic E-state index is 12.8. The van der Waals surface area contributed by atoms with E-state index in [1.54, 1.807) is 42.5 Å². The van der Waals surface area contributed by atoms with E-state index in [0.717, 1.165) is 22.2 Å². The number of rotatable bonds is 7. The summed E-state index contributed by atoms with van der Waals surface area (Å²) >= 11 is 10.1. The summed E-state index contributed by atoms with van der Waals surface area (Å²) in [5.41, 5.74) is 1.32. The second kappa shape index (κ2) is 10.4. The molecule has 1 aliphatic rings. The van der Waals surface area contributed by atoms with Crippen molar-refractivity contribution in [3.63, 3.8) is 0 Å². The number of halogens is 2. The molecule has 11 heteroatoms. The van der Waals surface area contributed by atoms with Crippen LogP contribution in [-0.4, -0.2) is 31.6 Å². The number of ether oxygens (including phenoxy) is 1. The number of carbonyl (C=O) groups excluding carboxylic acids is 2. The van der Waals surface area contributed by atoms with Gasteiger partial charge in [0.25, 0.3) is 11.1 Å². The Labute approximate surface area is 219 Å². The Morgan fingerprint density at radius 1 is 1.06 bits per heavy atom. The van der Waals surface area contributed by atoms with Crippen molar-refractivity contribution in [2.45, 2.75) is 11.4 Å². The third kappa shape index (κ3) is 5.90.